The lowest BCUT2D eigenvalue weighted by Gasteiger charge is -2.20. The third-order valence-corrected chi connectivity index (χ3v) is 5.74. The molecular weight excluding hydrogens is 414 g/mol. The average Bonchev–Trinajstić information content (AvgIpc) is 2.83. The first kappa shape index (κ1) is 22.4. The minimum absolute atomic E-state index is 0.0222. The summed E-state index contributed by atoms with van der Waals surface area (Å²) in [6.07, 6.45) is 0.886. The van der Waals surface area contributed by atoms with E-state index in [1.165, 1.54) is 0 Å². The zero-order valence-corrected chi connectivity index (χ0v) is 19.7. The number of anilines is 1. The summed E-state index contributed by atoms with van der Waals surface area (Å²) in [6.45, 7) is 4.09. The van der Waals surface area contributed by atoms with Crippen molar-refractivity contribution < 1.29 is 9.47 Å². The van der Waals surface area contributed by atoms with Crippen molar-refractivity contribution in [2.75, 3.05) is 26.1 Å². The number of nitrogens with zero attached hydrogens (tertiary/aromatic N) is 3. The number of hydrogen-bond acceptors (Lipinski definition) is 5. The Morgan fingerprint density at radius 3 is 2.30 bits per heavy atom. The van der Waals surface area contributed by atoms with E-state index in [1.807, 2.05) is 86.6 Å². The van der Waals surface area contributed by atoms with Crippen molar-refractivity contribution >= 4 is 16.6 Å². The fourth-order valence-electron chi connectivity index (χ4n) is 3.77. The Balaban J connectivity index is 2.05. The van der Waals surface area contributed by atoms with Gasteiger partial charge in [-0.05, 0) is 49.2 Å². The summed E-state index contributed by atoms with van der Waals surface area (Å²) in [7, 11) is 5.57. The van der Waals surface area contributed by atoms with Gasteiger partial charge in [-0.25, -0.2) is 4.79 Å². The Morgan fingerprint density at radius 2 is 1.70 bits per heavy atom. The molecule has 6 nitrogen and oxygen atoms in total. The number of benzene rings is 3. The molecule has 0 aliphatic rings. The number of hydrogen-bond donors (Lipinski definition) is 0. The highest BCUT2D eigenvalue weighted by atomic mass is 16.5. The normalized spacial score (nSPS) is 11.9. The maximum atomic E-state index is 13.3. The van der Waals surface area contributed by atoms with Crippen LogP contribution in [0.1, 0.15) is 20.3 Å². The molecule has 33 heavy (non-hydrogen) atoms. The molecule has 0 bridgehead atoms. The first-order chi connectivity index (χ1) is 15.9. The third-order valence-electron chi connectivity index (χ3n) is 5.74. The quantitative estimate of drug-likeness (QED) is 0.388. The number of ether oxygens (including phenoxy) is 2. The predicted octanol–water partition coefficient (Wildman–Crippen LogP) is 5.30. The average molecular weight is 444 g/mol. The highest BCUT2D eigenvalue weighted by Gasteiger charge is 2.19. The Labute approximate surface area is 194 Å². The summed E-state index contributed by atoms with van der Waals surface area (Å²) in [5.74, 6) is 1.19. The second-order valence-corrected chi connectivity index (χ2v) is 8.21. The van der Waals surface area contributed by atoms with Gasteiger partial charge in [-0.2, -0.15) is 4.98 Å². The van der Waals surface area contributed by atoms with Gasteiger partial charge < -0.3 is 14.4 Å². The van der Waals surface area contributed by atoms with Crippen molar-refractivity contribution in [3.63, 3.8) is 0 Å². The van der Waals surface area contributed by atoms with E-state index < -0.39 is 0 Å². The van der Waals surface area contributed by atoms with Crippen LogP contribution in [0.5, 0.6) is 11.5 Å². The van der Waals surface area contributed by atoms with E-state index in [9.17, 15) is 4.79 Å². The van der Waals surface area contributed by atoms with E-state index in [0.717, 1.165) is 34.4 Å². The largest absolute Gasteiger partial charge is 0.493 e. The van der Waals surface area contributed by atoms with E-state index in [0.29, 0.717) is 17.0 Å². The molecule has 1 atom stereocenters. The molecule has 0 spiro atoms. The monoisotopic (exact) mass is 443 g/mol. The van der Waals surface area contributed by atoms with Crippen LogP contribution in [0.4, 0.5) is 5.69 Å². The Kier molecular flexibility index (Phi) is 6.36. The van der Waals surface area contributed by atoms with Crippen LogP contribution in [0.25, 0.3) is 27.8 Å². The summed E-state index contributed by atoms with van der Waals surface area (Å²) in [4.78, 5) is 19.8. The molecule has 0 aliphatic carbocycles. The fourth-order valence-corrected chi connectivity index (χ4v) is 3.77. The van der Waals surface area contributed by atoms with E-state index in [1.54, 1.807) is 17.7 Å². The lowest BCUT2D eigenvalue weighted by atomic mass is 10.0. The second-order valence-electron chi connectivity index (χ2n) is 8.21. The number of fused-ring (bicyclic) bond motifs is 1. The van der Waals surface area contributed by atoms with E-state index in [2.05, 4.69) is 11.9 Å². The van der Waals surface area contributed by atoms with Gasteiger partial charge in [0.1, 0.15) is 0 Å². The molecule has 4 aromatic rings. The highest BCUT2D eigenvalue weighted by Crippen LogP contribution is 2.37. The molecule has 1 aromatic heterocycles. The van der Waals surface area contributed by atoms with Gasteiger partial charge in [0.2, 0.25) is 0 Å². The lowest BCUT2D eigenvalue weighted by Crippen LogP contribution is -2.23. The molecule has 0 N–H and O–H groups in total. The molecule has 0 radical (unpaired) electrons. The van der Waals surface area contributed by atoms with Crippen LogP contribution in [0.2, 0.25) is 0 Å². The molecule has 170 valence electrons. The number of aromatic nitrogens is 2. The van der Waals surface area contributed by atoms with Crippen molar-refractivity contribution in [3.8, 4) is 28.4 Å². The minimum atomic E-state index is -0.350. The molecule has 4 rings (SSSR count). The summed E-state index contributed by atoms with van der Waals surface area (Å²) >= 11 is 0. The summed E-state index contributed by atoms with van der Waals surface area (Å²) in [5, 5.41) is 0.816. The Morgan fingerprint density at radius 1 is 1.00 bits per heavy atom. The summed E-state index contributed by atoms with van der Waals surface area (Å²) < 4.78 is 13.4. The summed E-state index contributed by atoms with van der Waals surface area (Å²) in [5.41, 5.74) is 3.69. The summed E-state index contributed by atoms with van der Waals surface area (Å²) in [6, 6.07) is 21.5. The SMILES string of the molecule is CCC(C)Oc1cc2c(-c3ccccc3)n(-c3ccc(N(C)C)cc3)c(=O)nc2cc1OC. The second kappa shape index (κ2) is 9.36. The molecule has 1 unspecified atom stereocenters. The standard InChI is InChI=1S/C27H29N3O3/c1-6-18(2)33-25-16-22-23(17-24(25)32-5)28-27(31)30(26(22)19-10-8-7-9-11-19)21-14-12-20(13-15-21)29(3)4/h7-18H,6H2,1-5H3. The molecule has 0 aliphatic heterocycles. The van der Waals surface area contributed by atoms with E-state index >= 15 is 0 Å². The van der Waals surface area contributed by atoms with Crippen molar-refractivity contribution in [1.82, 2.24) is 9.55 Å². The van der Waals surface area contributed by atoms with Crippen LogP contribution < -0.4 is 20.1 Å². The van der Waals surface area contributed by atoms with Gasteiger partial charge in [0.15, 0.2) is 11.5 Å². The van der Waals surface area contributed by atoms with Crippen LogP contribution in [-0.4, -0.2) is 36.9 Å². The number of rotatable bonds is 7. The first-order valence-electron chi connectivity index (χ1n) is 11.1. The molecular formula is C27H29N3O3. The predicted molar refractivity (Wildman–Crippen MR) is 134 cm³/mol. The molecule has 1 heterocycles. The van der Waals surface area contributed by atoms with Crippen LogP contribution in [0, 0.1) is 0 Å². The van der Waals surface area contributed by atoms with Gasteiger partial charge in [0, 0.05) is 31.2 Å². The topological polar surface area (TPSA) is 56.6 Å². The van der Waals surface area contributed by atoms with Crippen LogP contribution in [0.3, 0.4) is 0 Å². The third kappa shape index (κ3) is 4.42. The molecule has 0 saturated heterocycles. The van der Waals surface area contributed by atoms with E-state index in [-0.39, 0.29) is 11.8 Å². The van der Waals surface area contributed by atoms with Crippen molar-refractivity contribution in [2.24, 2.45) is 0 Å². The molecule has 0 saturated carbocycles. The van der Waals surface area contributed by atoms with Gasteiger partial charge >= 0.3 is 5.69 Å². The highest BCUT2D eigenvalue weighted by molar-refractivity contribution is 5.95. The van der Waals surface area contributed by atoms with Gasteiger partial charge in [0.25, 0.3) is 0 Å². The Bertz CT molecular complexity index is 1310. The van der Waals surface area contributed by atoms with Crippen molar-refractivity contribution in [2.45, 2.75) is 26.4 Å². The number of methoxy groups -OCH3 is 1. The lowest BCUT2D eigenvalue weighted by molar-refractivity contribution is 0.208. The molecule has 6 heteroatoms. The zero-order chi connectivity index (χ0) is 23.5. The Hall–Kier alpha value is -3.80. The molecule has 0 amide bonds. The van der Waals surface area contributed by atoms with Crippen LogP contribution in [-0.2, 0) is 0 Å². The maximum absolute atomic E-state index is 13.3. The van der Waals surface area contributed by atoms with Gasteiger partial charge in [-0.1, -0.05) is 37.3 Å². The molecule has 0 fully saturated rings. The minimum Gasteiger partial charge on any atom is -0.493 e. The van der Waals surface area contributed by atoms with E-state index in [4.69, 9.17) is 9.47 Å². The van der Waals surface area contributed by atoms with Gasteiger partial charge in [-0.15, -0.1) is 0 Å². The fraction of sp³-hybridized carbons (Fsp3) is 0.259. The molecule has 3 aromatic carbocycles. The zero-order valence-electron chi connectivity index (χ0n) is 19.7. The van der Waals surface area contributed by atoms with Gasteiger partial charge in [0.05, 0.1) is 30.1 Å². The van der Waals surface area contributed by atoms with Gasteiger partial charge in [-0.3, -0.25) is 4.57 Å². The maximum Gasteiger partial charge on any atom is 0.353 e. The first-order valence-corrected chi connectivity index (χ1v) is 11.1. The van der Waals surface area contributed by atoms with Crippen LogP contribution >= 0.6 is 0 Å². The van der Waals surface area contributed by atoms with Crippen molar-refractivity contribution in [3.05, 3.63) is 77.2 Å². The smallest absolute Gasteiger partial charge is 0.353 e. The van der Waals surface area contributed by atoms with Crippen LogP contribution in [0.15, 0.2) is 71.5 Å². The van der Waals surface area contributed by atoms with Crippen molar-refractivity contribution in [1.29, 1.82) is 0 Å².